The summed E-state index contributed by atoms with van der Waals surface area (Å²) in [7, 11) is 0. The minimum absolute atomic E-state index is 0.487. The summed E-state index contributed by atoms with van der Waals surface area (Å²) < 4.78 is 0. The molecular weight excluding hydrogens is 360 g/mol. The number of thiol groups is 2. The van der Waals surface area contributed by atoms with Crippen LogP contribution in [-0.4, -0.2) is 19.9 Å². The van der Waals surface area contributed by atoms with Crippen LogP contribution in [0.25, 0.3) is 0 Å². The summed E-state index contributed by atoms with van der Waals surface area (Å²) in [6, 6.07) is 7.63. The Kier molecular flexibility index (Phi) is 6.27. The monoisotopic (exact) mass is 374 g/mol. The molecule has 2 aromatic heterocycles. The summed E-state index contributed by atoms with van der Waals surface area (Å²) in [5.41, 5.74) is 3.66. The first-order chi connectivity index (χ1) is 12.8. The normalized spacial score (nSPS) is 9.62. The lowest BCUT2D eigenvalue weighted by Gasteiger charge is -1.94. The van der Waals surface area contributed by atoms with E-state index in [1.165, 1.54) is 0 Å². The lowest BCUT2D eigenvalue weighted by atomic mass is 10.1. The fourth-order valence-corrected chi connectivity index (χ4v) is 2.22. The Bertz CT molecular complexity index is 906. The summed E-state index contributed by atoms with van der Waals surface area (Å²) in [6.07, 6.45) is 6.92. The van der Waals surface area contributed by atoms with Crippen LogP contribution in [0.2, 0.25) is 0 Å². The fourth-order valence-electron chi connectivity index (χ4n) is 1.89. The van der Waals surface area contributed by atoms with Crippen LogP contribution in [-0.2, 0) is 11.5 Å². The van der Waals surface area contributed by atoms with Crippen molar-refractivity contribution in [1.82, 2.24) is 19.9 Å². The topological polar surface area (TPSA) is 51.6 Å². The molecule has 0 aliphatic rings. The molecule has 0 bridgehead atoms. The highest BCUT2D eigenvalue weighted by atomic mass is 32.1. The SMILES string of the molecule is SCc1cnc(C#Cc2ccc(C#Cc3ncc(CS)cn3)cc2)nc1. The number of benzene rings is 1. The van der Waals surface area contributed by atoms with E-state index in [1.807, 2.05) is 24.3 Å². The largest absolute Gasteiger partial charge is 0.229 e. The van der Waals surface area contributed by atoms with E-state index >= 15 is 0 Å². The van der Waals surface area contributed by atoms with Crippen molar-refractivity contribution in [1.29, 1.82) is 0 Å². The summed E-state index contributed by atoms with van der Waals surface area (Å²) in [6.45, 7) is 0. The Morgan fingerprint density at radius 3 is 1.23 bits per heavy atom. The molecular formula is C20H14N4S2. The quantitative estimate of drug-likeness (QED) is 0.535. The smallest absolute Gasteiger partial charge is 0.205 e. The zero-order chi connectivity index (χ0) is 18.2. The van der Waals surface area contributed by atoms with Gasteiger partial charge >= 0.3 is 0 Å². The second-order valence-electron chi connectivity index (χ2n) is 5.22. The van der Waals surface area contributed by atoms with Gasteiger partial charge in [-0.2, -0.15) is 25.3 Å². The average Bonchev–Trinajstić information content (AvgIpc) is 2.72. The minimum atomic E-state index is 0.487. The van der Waals surface area contributed by atoms with Crippen molar-refractivity contribution in [3.05, 3.63) is 83.0 Å². The number of rotatable bonds is 2. The van der Waals surface area contributed by atoms with E-state index in [2.05, 4.69) is 68.9 Å². The van der Waals surface area contributed by atoms with E-state index in [-0.39, 0.29) is 0 Å². The minimum Gasteiger partial charge on any atom is -0.229 e. The van der Waals surface area contributed by atoms with Crippen LogP contribution in [0.5, 0.6) is 0 Å². The standard InChI is InChI=1S/C20H14N4S2/c25-13-17-9-21-19(22-10-17)7-5-15-1-2-16(4-3-15)6-8-20-23-11-18(14-26)12-24-20/h1-4,9-12,25-26H,13-14H2. The van der Waals surface area contributed by atoms with Crippen LogP contribution < -0.4 is 0 Å². The molecule has 0 atom stereocenters. The van der Waals surface area contributed by atoms with E-state index in [1.54, 1.807) is 24.8 Å². The molecule has 0 N–H and O–H groups in total. The van der Waals surface area contributed by atoms with Crippen molar-refractivity contribution < 1.29 is 0 Å². The van der Waals surface area contributed by atoms with E-state index in [0.29, 0.717) is 23.2 Å². The van der Waals surface area contributed by atoms with Gasteiger partial charge in [0.15, 0.2) is 0 Å². The van der Waals surface area contributed by atoms with E-state index in [9.17, 15) is 0 Å². The van der Waals surface area contributed by atoms with Crippen molar-refractivity contribution in [3.8, 4) is 23.7 Å². The first-order valence-corrected chi connectivity index (χ1v) is 9.01. The zero-order valence-electron chi connectivity index (χ0n) is 13.7. The van der Waals surface area contributed by atoms with Crippen molar-refractivity contribution in [2.24, 2.45) is 0 Å². The third-order valence-corrected chi connectivity index (χ3v) is 4.03. The maximum Gasteiger partial charge on any atom is 0.205 e. The maximum atomic E-state index is 4.18. The second-order valence-corrected chi connectivity index (χ2v) is 5.86. The Hall–Kier alpha value is -2.80. The molecule has 3 aromatic rings. The fraction of sp³-hybridized carbons (Fsp3) is 0.100. The molecule has 0 saturated carbocycles. The molecule has 0 amide bonds. The highest BCUT2D eigenvalue weighted by Gasteiger charge is 1.94. The average molecular weight is 374 g/mol. The van der Waals surface area contributed by atoms with Gasteiger partial charge in [-0.15, -0.1) is 0 Å². The van der Waals surface area contributed by atoms with Crippen LogP contribution in [0, 0.1) is 23.7 Å². The van der Waals surface area contributed by atoms with Gasteiger partial charge in [0.05, 0.1) is 0 Å². The third-order valence-electron chi connectivity index (χ3n) is 3.30. The Morgan fingerprint density at radius 2 is 0.923 bits per heavy atom. The Morgan fingerprint density at radius 1 is 0.577 bits per heavy atom. The Balaban J connectivity index is 1.68. The molecule has 2 heterocycles. The molecule has 3 rings (SSSR count). The van der Waals surface area contributed by atoms with Gasteiger partial charge in [-0.1, -0.05) is 11.8 Å². The second kappa shape index (κ2) is 9.05. The maximum absolute atomic E-state index is 4.18. The van der Waals surface area contributed by atoms with E-state index in [4.69, 9.17) is 0 Å². The van der Waals surface area contributed by atoms with Crippen LogP contribution in [0.3, 0.4) is 0 Å². The summed E-state index contributed by atoms with van der Waals surface area (Å²) in [4.78, 5) is 16.7. The van der Waals surface area contributed by atoms with Gasteiger partial charge in [-0.05, 0) is 47.2 Å². The summed E-state index contributed by atoms with van der Waals surface area (Å²) >= 11 is 8.35. The zero-order valence-corrected chi connectivity index (χ0v) is 15.5. The lowest BCUT2D eigenvalue weighted by Crippen LogP contribution is -1.90. The molecule has 26 heavy (non-hydrogen) atoms. The molecule has 0 spiro atoms. The molecule has 126 valence electrons. The van der Waals surface area contributed by atoms with E-state index in [0.717, 1.165) is 22.3 Å². The van der Waals surface area contributed by atoms with Crippen LogP contribution in [0.15, 0.2) is 49.1 Å². The molecule has 6 heteroatoms. The molecule has 0 saturated heterocycles. The van der Waals surface area contributed by atoms with Crippen LogP contribution >= 0.6 is 25.3 Å². The molecule has 0 unspecified atom stereocenters. The van der Waals surface area contributed by atoms with Crippen LogP contribution in [0.4, 0.5) is 0 Å². The molecule has 1 aromatic carbocycles. The van der Waals surface area contributed by atoms with Gasteiger partial charge < -0.3 is 0 Å². The molecule has 0 radical (unpaired) electrons. The van der Waals surface area contributed by atoms with Gasteiger partial charge in [-0.25, -0.2) is 19.9 Å². The molecule has 0 fully saturated rings. The predicted molar refractivity (Wildman–Crippen MR) is 108 cm³/mol. The van der Waals surface area contributed by atoms with Crippen molar-refractivity contribution in [2.75, 3.05) is 0 Å². The summed E-state index contributed by atoms with van der Waals surface area (Å²) in [5, 5.41) is 0. The van der Waals surface area contributed by atoms with Crippen molar-refractivity contribution in [2.45, 2.75) is 11.5 Å². The highest BCUT2D eigenvalue weighted by molar-refractivity contribution is 7.79. The summed E-state index contributed by atoms with van der Waals surface area (Å²) in [5.74, 6) is 14.2. The number of hydrogen-bond acceptors (Lipinski definition) is 6. The third kappa shape index (κ3) is 5.10. The van der Waals surface area contributed by atoms with Crippen molar-refractivity contribution >= 4 is 25.3 Å². The van der Waals surface area contributed by atoms with Gasteiger partial charge in [0.25, 0.3) is 0 Å². The molecule has 0 aliphatic heterocycles. The number of nitrogens with zero attached hydrogens (tertiary/aromatic N) is 4. The first kappa shape index (κ1) is 18.0. The first-order valence-electron chi connectivity index (χ1n) is 7.74. The molecule has 0 aliphatic carbocycles. The highest BCUT2D eigenvalue weighted by Crippen LogP contribution is 2.04. The number of hydrogen-bond donors (Lipinski definition) is 2. The van der Waals surface area contributed by atoms with Gasteiger partial charge in [0, 0.05) is 47.4 Å². The Labute approximate surface area is 163 Å². The van der Waals surface area contributed by atoms with E-state index < -0.39 is 0 Å². The van der Waals surface area contributed by atoms with Crippen molar-refractivity contribution in [3.63, 3.8) is 0 Å². The van der Waals surface area contributed by atoms with Gasteiger partial charge in [0.1, 0.15) is 0 Å². The number of aromatic nitrogens is 4. The van der Waals surface area contributed by atoms with Gasteiger partial charge in [0.2, 0.25) is 11.6 Å². The van der Waals surface area contributed by atoms with Crippen LogP contribution in [0.1, 0.15) is 33.9 Å². The lowest BCUT2D eigenvalue weighted by molar-refractivity contribution is 1.09. The molecule has 4 nitrogen and oxygen atoms in total. The van der Waals surface area contributed by atoms with Gasteiger partial charge in [-0.3, -0.25) is 0 Å². The predicted octanol–water partition coefficient (Wildman–Crippen LogP) is 2.93.